The second-order valence-corrected chi connectivity index (χ2v) is 10.3. The lowest BCUT2D eigenvalue weighted by Crippen LogP contribution is -2.22. The van der Waals surface area contributed by atoms with Crippen LogP contribution in [0.25, 0.3) is 22.7 Å². The van der Waals surface area contributed by atoms with Crippen LogP contribution in [0.15, 0.2) is 49.8 Å². The van der Waals surface area contributed by atoms with Crippen molar-refractivity contribution in [1.29, 1.82) is 0 Å². The van der Waals surface area contributed by atoms with E-state index >= 15 is 0 Å². The number of fused-ring (bicyclic) bond motifs is 1. The van der Waals surface area contributed by atoms with E-state index in [9.17, 15) is 44.1 Å². The van der Waals surface area contributed by atoms with E-state index in [1.54, 1.807) is 0 Å². The molecule has 0 N–H and O–H groups in total. The number of oxazole rings is 1. The molecule has 3 aromatic rings. The summed E-state index contributed by atoms with van der Waals surface area (Å²) in [6.07, 6.45) is -3.98. The predicted molar refractivity (Wildman–Crippen MR) is 106 cm³/mol. The van der Waals surface area contributed by atoms with Crippen molar-refractivity contribution in [3.05, 3.63) is 36.0 Å². The van der Waals surface area contributed by atoms with Crippen molar-refractivity contribution < 1.29 is 53.3 Å². The Morgan fingerprint density at radius 1 is 1.20 bits per heavy atom. The molecule has 0 saturated carbocycles. The Labute approximate surface area is 194 Å². The first-order valence-electron chi connectivity index (χ1n) is 9.19. The summed E-state index contributed by atoms with van der Waals surface area (Å²) >= 11 is 0. The Bertz CT molecular complexity index is 1420. The summed E-state index contributed by atoms with van der Waals surface area (Å²) in [6.45, 7) is -0.594. The van der Waals surface area contributed by atoms with Crippen molar-refractivity contribution in [3.8, 4) is 11.6 Å². The zero-order chi connectivity index (χ0) is 26.2. The highest BCUT2D eigenvalue weighted by molar-refractivity contribution is 7.91. The third kappa shape index (κ3) is 6.08. The number of hydrogen-bond acceptors (Lipinski definition) is 9. The van der Waals surface area contributed by atoms with E-state index in [2.05, 4.69) is 20.0 Å². The van der Waals surface area contributed by atoms with Gasteiger partial charge < -0.3 is 14.4 Å². The molecule has 2 aromatic heterocycles. The molecule has 17 heteroatoms. The van der Waals surface area contributed by atoms with Gasteiger partial charge in [-0.3, -0.25) is 0 Å². The third-order valence-electron chi connectivity index (χ3n) is 4.18. The Morgan fingerprint density at radius 2 is 1.89 bits per heavy atom. The van der Waals surface area contributed by atoms with E-state index in [-0.39, 0.29) is 11.1 Å². The molecular weight excluding hydrogens is 532 g/mol. The van der Waals surface area contributed by atoms with Crippen molar-refractivity contribution in [2.24, 2.45) is 5.16 Å². The normalized spacial score (nSPS) is 14.3. The van der Waals surface area contributed by atoms with Crippen LogP contribution in [-0.2, 0) is 25.5 Å². The Balaban J connectivity index is 2.07. The van der Waals surface area contributed by atoms with Crippen molar-refractivity contribution in [2.75, 3.05) is 12.4 Å². The molecule has 0 aliphatic heterocycles. The summed E-state index contributed by atoms with van der Waals surface area (Å²) in [6, 6.07) is 3.56. The van der Waals surface area contributed by atoms with Gasteiger partial charge in [0.05, 0.1) is 15.5 Å². The summed E-state index contributed by atoms with van der Waals surface area (Å²) in [4.78, 5) is 10.4. The van der Waals surface area contributed by atoms with Crippen LogP contribution in [0, 0.1) is 0 Å². The van der Waals surface area contributed by atoms with Crippen molar-refractivity contribution in [1.82, 2.24) is 9.97 Å². The van der Waals surface area contributed by atoms with Crippen LogP contribution in [-0.4, -0.2) is 52.5 Å². The summed E-state index contributed by atoms with van der Waals surface area (Å²) in [5, 5.41) is 14.8. The number of hydrogen-bond donors (Lipinski definition) is 0. The fourth-order valence-corrected chi connectivity index (χ4v) is 4.32. The lowest BCUT2D eigenvalue weighted by molar-refractivity contribution is -0.222. The van der Waals surface area contributed by atoms with E-state index in [0.717, 1.165) is 30.5 Å². The maximum absolute atomic E-state index is 12.7. The van der Waals surface area contributed by atoms with Gasteiger partial charge in [0.1, 0.15) is 11.2 Å². The Hall–Kier alpha value is -3.21. The van der Waals surface area contributed by atoms with Gasteiger partial charge in [-0.25, -0.2) is 22.6 Å². The van der Waals surface area contributed by atoms with Gasteiger partial charge in [0.15, 0.2) is 26.2 Å². The molecule has 0 aliphatic rings. The molecule has 1 atom stereocenters. The second-order valence-electron chi connectivity index (χ2n) is 6.62. The standard InChI is InChI=1S/C18H13F6N3O6S2/c1-2-35(30,31)13-5-9(15(28)27-32-8-17(19,20)21)7-25-14(13)16-26-11-6-10(3-4-12(11)33-16)34(29)18(22,23)24/h3-7H,2,8H2,1H3,(H,27,28)/p-1. The summed E-state index contributed by atoms with van der Waals surface area (Å²) in [5.74, 6) is -2.29. The molecule has 0 saturated heterocycles. The number of pyridine rings is 1. The first-order chi connectivity index (χ1) is 16.1. The number of nitrogens with zero attached hydrogens (tertiary/aromatic N) is 3. The van der Waals surface area contributed by atoms with Gasteiger partial charge in [-0.2, -0.15) is 26.3 Å². The molecule has 0 amide bonds. The summed E-state index contributed by atoms with van der Waals surface area (Å²) in [7, 11) is -7.48. The van der Waals surface area contributed by atoms with Gasteiger partial charge in [-0.1, -0.05) is 6.92 Å². The first kappa shape index (κ1) is 26.4. The number of halogens is 6. The van der Waals surface area contributed by atoms with Crippen LogP contribution in [0.2, 0.25) is 0 Å². The molecule has 3 rings (SSSR count). The van der Waals surface area contributed by atoms with Crippen LogP contribution in [0.4, 0.5) is 26.3 Å². The van der Waals surface area contributed by atoms with Crippen molar-refractivity contribution in [2.45, 2.75) is 28.4 Å². The lowest BCUT2D eigenvalue weighted by Gasteiger charge is -2.13. The monoisotopic (exact) mass is 544 g/mol. The van der Waals surface area contributed by atoms with Crippen molar-refractivity contribution >= 4 is 37.6 Å². The fourth-order valence-electron chi connectivity index (χ4n) is 2.59. The van der Waals surface area contributed by atoms with E-state index < -0.39 is 77.5 Å². The average molecular weight is 544 g/mol. The van der Waals surface area contributed by atoms with Gasteiger partial charge in [0, 0.05) is 17.7 Å². The van der Waals surface area contributed by atoms with Crippen LogP contribution in [0.3, 0.4) is 0 Å². The van der Waals surface area contributed by atoms with Gasteiger partial charge in [0.2, 0.25) is 12.5 Å². The molecule has 2 heterocycles. The van der Waals surface area contributed by atoms with E-state index in [1.165, 1.54) is 6.92 Å². The Morgan fingerprint density at radius 3 is 2.49 bits per heavy atom. The van der Waals surface area contributed by atoms with Crippen LogP contribution in [0.5, 0.6) is 0 Å². The second kappa shape index (κ2) is 9.44. The highest BCUT2D eigenvalue weighted by atomic mass is 32.2. The quantitative estimate of drug-likeness (QED) is 0.192. The molecule has 1 unspecified atom stereocenters. The van der Waals surface area contributed by atoms with Crippen LogP contribution in [0.1, 0.15) is 12.5 Å². The minimum atomic E-state index is -5.03. The van der Waals surface area contributed by atoms with E-state index in [0.29, 0.717) is 0 Å². The number of alkyl halides is 6. The molecule has 1 aromatic carbocycles. The molecule has 0 radical (unpaired) electrons. The SMILES string of the molecule is CCS(=O)(=O)c1cc(C([O-])=NOCC(F)(F)F)cnc1-c1nc2cc(S(=O)C(F)(F)F)ccc2o1. The molecule has 190 valence electrons. The zero-order valence-electron chi connectivity index (χ0n) is 17.2. The number of oxime groups is 1. The number of sulfone groups is 1. The molecule has 0 aliphatic carbocycles. The van der Waals surface area contributed by atoms with E-state index in [4.69, 9.17) is 4.42 Å². The largest absolute Gasteiger partial charge is 0.856 e. The topological polar surface area (TPSA) is 135 Å². The zero-order valence-corrected chi connectivity index (χ0v) is 18.8. The molecule has 9 nitrogen and oxygen atoms in total. The molecular formula is C18H12F6N3O6S2-. The maximum Gasteiger partial charge on any atom is 0.475 e. The third-order valence-corrected chi connectivity index (χ3v) is 7.02. The van der Waals surface area contributed by atoms with Gasteiger partial charge in [-0.15, -0.1) is 5.16 Å². The number of aromatic nitrogens is 2. The molecule has 0 fully saturated rings. The molecule has 0 bridgehead atoms. The van der Waals surface area contributed by atoms with Crippen LogP contribution >= 0.6 is 0 Å². The highest BCUT2D eigenvalue weighted by Gasteiger charge is 2.38. The van der Waals surface area contributed by atoms with Gasteiger partial charge >= 0.3 is 11.7 Å². The van der Waals surface area contributed by atoms with Gasteiger partial charge in [-0.05, 0) is 24.3 Å². The van der Waals surface area contributed by atoms with Gasteiger partial charge in [0.25, 0.3) is 0 Å². The summed E-state index contributed by atoms with van der Waals surface area (Å²) in [5.41, 5.74) is -6.24. The fraction of sp³-hybridized carbons (Fsp3) is 0.278. The van der Waals surface area contributed by atoms with Crippen molar-refractivity contribution in [3.63, 3.8) is 0 Å². The predicted octanol–water partition coefficient (Wildman–Crippen LogP) is 2.91. The number of benzene rings is 1. The minimum Gasteiger partial charge on any atom is -0.856 e. The van der Waals surface area contributed by atoms with Crippen LogP contribution < -0.4 is 5.11 Å². The lowest BCUT2D eigenvalue weighted by atomic mass is 10.2. The molecule has 35 heavy (non-hydrogen) atoms. The van der Waals surface area contributed by atoms with E-state index in [1.807, 2.05) is 0 Å². The highest BCUT2D eigenvalue weighted by Crippen LogP contribution is 2.32. The Kier molecular flexibility index (Phi) is 7.12. The smallest absolute Gasteiger partial charge is 0.475 e. The first-order valence-corrected chi connectivity index (χ1v) is 12.0. The molecule has 0 spiro atoms. The number of rotatable bonds is 7. The summed E-state index contributed by atoms with van der Waals surface area (Å²) < 4.78 is 117. The average Bonchev–Trinajstić information content (AvgIpc) is 3.19. The minimum absolute atomic E-state index is 0.0831. The maximum atomic E-state index is 12.7.